The number of anilines is 1. The molecule has 1 amide bonds. The number of phosphoric ester groups is 1. The number of amides is 1. The SMILES string of the molecule is CCCCc1nc2c(N)nc3cc(CCOCCNC(=O)CBr)ccc3c2n1Cc1ccc(OP(=O)(O)O)c(C)c1. The number of nitrogen functional groups attached to an aromatic ring is 1. The smallest absolute Gasteiger partial charge is 0.404 e. The van der Waals surface area contributed by atoms with Crippen molar-refractivity contribution in [1.82, 2.24) is 19.9 Å². The number of phosphoric acid groups is 1. The number of rotatable bonds is 14. The van der Waals surface area contributed by atoms with E-state index in [1.54, 1.807) is 19.1 Å². The normalized spacial score (nSPS) is 11.8. The number of halogens is 1. The maximum atomic E-state index is 11.3. The van der Waals surface area contributed by atoms with E-state index in [0.29, 0.717) is 49.6 Å². The molecule has 0 spiro atoms. The van der Waals surface area contributed by atoms with Crippen molar-refractivity contribution in [2.45, 2.75) is 46.1 Å². The predicted octanol–water partition coefficient (Wildman–Crippen LogP) is 4.41. The third kappa shape index (κ3) is 8.05. The second kappa shape index (κ2) is 13.8. The van der Waals surface area contributed by atoms with Gasteiger partial charge in [-0.1, -0.05) is 53.5 Å². The number of aromatic nitrogens is 3. The second-order valence-electron chi connectivity index (χ2n) is 9.79. The number of hydrogen-bond donors (Lipinski definition) is 4. The molecule has 41 heavy (non-hydrogen) atoms. The van der Waals surface area contributed by atoms with Crippen LogP contribution in [0, 0.1) is 6.92 Å². The number of carbonyl (C=O) groups excluding carboxylic acids is 1. The van der Waals surface area contributed by atoms with Crippen LogP contribution in [0.4, 0.5) is 5.82 Å². The van der Waals surface area contributed by atoms with Crippen molar-refractivity contribution < 1.29 is 28.4 Å². The van der Waals surface area contributed by atoms with Gasteiger partial charge in [-0.2, -0.15) is 0 Å². The Kier molecular flexibility index (Phi) is 10.4. The fraction of sp³-hybridized carbons (Fsp3) is 0.393. The van der Waals surface area contributed by atoms with E-state index >= 15 is 0 Å². The van der Waals surface area contributed by atoms with Crippen LogP contribution < -0.4 is 15.6 Å². The van der Waals surface area contributed by atoms with Crippen LogP contribution >= 0.6 is 23.8 Å². The highest BCUT2D eigenvalue weighted by Crippen LogP contribution is 2.39. The Hall–Kier alpha value is -3.02. The number of unbranched alkanes of at least 4 members (excludes halogenated alkanes) is 1. The molecule has 11 nitrogen and oxygen atoms in total. The molecular weight excluding hydrogens is 613 g/mol. The first kappa shape index (κ1) is 30.9. The van der Waals surface area contributed by atoms with Crippen LogP contribution in [0.1, 0.15) is 42.3 Å². The third-order valence-corrected chi connectivity index (χ3v) is 7.57. The Balaban J connectivity index is 1.63. The van der Waals surface area contributed by atoms with Gasteiger partial charge in [-0.3, -0.25) is 14.6 Å². The molecule has 4 rings (SSSR count). The number of imidazole rings is 1. The van der Waals surface area contributed by atoms with Crippen LogP contribution in [-0.2, 0) is 33.5 Å². The molecule has 0 fully saturated rings. The van der Waals surface area contributed by atoms with Crippen molar-refractivity contribution in [2.24, 2.45) is 0 Å². The summed E-state index contributed by atoms with van der Waals surface area (Å²) in [6.45, 7) is 5.78. The summed E-state index contributed by atoms with van der Waals surface area (Å²) in [5, 5.41) is 3.96. The lowest BCUT2D eigenvalue weighted by Gasteiger charge is -2.14. The predicted molar refractivity (Wildman–Crippen MR) is 162 cm³/mol. The van der Waals surface area contributed by atoms with Crippen molar-refractivity contribution in [3.05, 3.63) is 58.9 Å². The zero-order chi connectivity index (χ0) is 29.6. The molecular formula is C28H35BrN5O6P. The van der Waals surface area contributed by atoms with Gasteiger partial charge < -0.3 is 24.9 Å². The molecule has 0 saturated carbocycles. The van der Waals surface area contributed by atoms with Crippen molar-refractivity contribution in [2.75, 3.05) is 30.8 Å². The fourth-order valence-electron chi connectivity index (χ4n) is 4.68. The summed E-state index contributed by atoms with van der Waals surface area (Å²) >= 11 is 3.11. The lowest BCUT2D eigenvalue weighted by Crippen LogP contribution is -2.28. The van der Waals surface area contributed by atoms with Crippen molar-refractivity contribution in [1.29, 1.82) is 0 Å². The topological polar surface area (TPSA) is 162 Å². The Bertz CT molecular complexity index is 1590. The molecule has 0 aliphatic carbocycles. The highest BCUT2D eigenvalue weighted by atomic mass is 79.9. The summed E-state index contributed by atoms with van der Waals surface area (Å²) in [7, 11) is -4.65. The van der Waals surface area contributed by atoms with E-state index < -0.39 is 7.82 Å². The Morgan fingerprint density at radius 2 is 1.90 bits per heavy atom. The molecule has 0 aliphatic heterocycles. The summed E-state index contributed by atoms with van der Waals surface area (Å²) in [5.74, 6) is 1.33. The number of carbonyl (C=O) groups is 1. The largest absolute Gasteiger partial charge is 0.524 e. The van der Waals surface area contributed by atoms with Gasteiger partial charge in [0.25, 0.3) is 0 Å². The van der Waals surface area contributed by atoms with Gasteiger partial charge in [0, 0.05) is 24.9 Å². The standard InChI is InChI=1S/C28H35BrN5O6P/c1-3-4-5-24-33-26-27(34(24)17-20-7-9-23(18(2)14-20)40-41(36,37)38)21-8-6-19(15-22(21)32-28(26)30)10-12-39-13-11-31-25(35)16-29/h6-9,14-15H,3-5,10-13,16-17H2,1-2H3,(H2,30,32)(H,31,35)(H2,36,37,38). The number of benzene rings is 2. The molecule has 4 aromatic rings. The van der Waals surface area contributed by atoms with E-state index in [4.69, 9.17) is 20.0 Å². The number of fused-ring (bicyclic) bond motifs is 3. The van der Waals surface area contributed by atoms with Crippen LogP contribution in [0.15, 0.2) is 36.4 Å². The Morgan fingerprint density at radius 1 is 1.12 bits per heavy atom. The molecule has 0 radical (unpaired) electrons. The lowest BCUT2D eigenvalue weighted by molar-refractivity contribution is -0.118. The molecule has 2 aromatic carbocycles. The van der Waals surface area contributed by atoms with E-state index in [1.165, 1.54) is 0 Å². The van der Waals surface area contributed by atoms with E-state index in [-0.39, 0.29) is 17.0 Å². The Labute approximate surface area is 246 Å². The van der Waals surface area contributed by atoms with Gasteiger partial charge in [-0.05, 0) is 48.6 Å². The monoisotopic (exact) mass is 647 g/mol. The van der Waals surface area contributed by atoms with Crippen LogP contribution in [0.5, 0.6) is 5.75 Å². The number of ether oxygens (including phenoxy) is 1. The molecule has 0 aliphatic rings. The van der Waals surface area contributed by atoms with Gasteiger partial charge in [0.1, 0.15) is 17.1 Å². The highest BCUT2D eigenvalue weighted by molar-refractivity contribution is 9.09. The number of hydrogen-bond acceptors (Lipinski definition) is 7. The van der Waals surface area contributed by atoms with Crippen LogP contribution in [-0.4, -0.2) is 55.3 Å². The highest BCUT2D eigenvalue weighted by Gasteiger charge is 2.20. The first-order valence-electron chi connectivity index (χ1n) is 13.4. The van der Waals surface area contributed by atoms with Gasteiger partial charge in [0.15, 0.2) is 5.82 Å². The average Bonchev–Trinajstić information content (AvgIpc) is 3.28. The molecule has 0 atom stereocenters. The van der Waals surface area contributed by atoms with Gasteiger partial charge in [-0.25, -0.2) is 14.5 Å². The average molecular weight is 648 g/mol. The first-order chi connectivity index (χ1) is 19.6. The summed E-state index contributed by atoms with van der Waals surface area (Å²) < 4.78 is 24.0. The summed E-state index contributed by atoms with van der Waals surface area (Å²) in [5.41, 5.74) is 11.4. The second-order valence-corrected chi connectivity index (χ2v) is 11.5. The summed E-state index contributed by atoms with van der Waals surface area (Å²) in [6.07, 6.45) is 3.44. The van der Waals surface area contributed by atoms with E-state index in [0.717, 1.165) is 52.6 Å². The van der Waals surface area contributed by atoms with Gasteiger partial charge >= 0.3 is 7.82 Å². The molecule has 13 heteroatoms. The number of aryl methyl sites for hydroxylation is 2. The quantitative estimate of drug-likeness (QED) is 0.0882. The van der Waals surface area contributed by atoms with Gasteiger partial charge in [-0.15, -0.1) is 0 Å². The zero-order valence-corrected chi connectivity index (χ0v) is 25.6. The zero-order valence-electron chi connectivity index (χ0n) is 23.1. The molecule has 0 saturated heterocycles. The van der Waals surface area contributed by atoms with Crippen molar-refractivity contribution in [3.63, 3.8) is 0 Å². The maximum Gasteiger partial charge on any atom is 0.524 e. The lowest BCUT2D eigenvalue weighted by atomic mass is 10.1. The molecule has 5 N–H and O–H groups in total. The van der Waals surface area contributed by atoms with Gasteiger partial charge in [0.05, 0.1) is 29.6 Å². The summed E-state index contributed by atoms with van der Waals surface area (Å²) in [6, 6.07) is 11.3. The number of nitrogens with zero attached hydrogens (tertiary/aromatic N) is 3. The van der Waals surface area contributed by atoms with Crippen LogP contribution in [0.3, 0.4) is 0 Å². The van der Waals surface area contributed by atoms with Crippen molar-refractivity contribution >= 4 is 57.4 Å². The first-order valence-corrected chi connectivity index (χ1v) is 16.1. The molecule has 220 valence electrons. The van der Waals surface area contributed by atoms with Crippen LogP contribution in [0.2, 0.25) is 0 Å². The molecule has 0 unspecified atom stereocenters. The fourth-order valence-corrected chi connectivity index (χ4v) is 5.34. The molecule has 2 aromatic heterocycles. The summed E-state index contributed by atoms with van der Waals surface area (Å²) in [4.78, 5) is 39.3. The van der Waals surface area contributed by atoms with E-state index in [9.17, 15) is 19.1 Å². The minimum Gasteiger partial charge on any atom is -0.404 e. The number of pyridine rings is 1. The molecule has 2 heterocycles. The Morgan fingerprint density at radius 3 is 2.61 bits per heavy atom. The van der Waals surface area contributed by atoms with Crippen LogP contribution in [0.25, 0.3) is 21.9 Å². The number of nitrogens with two attached hydrogens (primary N) is 1. The third-order valence-electron chi connectivity index (χ3n) is 6.62. The van der Waals surface area contributed by atoms with Gasteiger partial charge in [0.2, 0.25) is 5.91 Å². The van der Waals surface area contributed by atoms with E-state index in [2.05, 4.69) is 43.8 Å². The minimum atomic E-state index is -4.65. The number of alkyl halides is 1. The van der Waals surface area contributed by atoms with E-state index in [1.807, 2.05) is 18.2 Å². The number of nitrogens with one attached hydrogen (secondary N) is 1. The van der Waals surface area contributed by atoms with Crippen molar-refractivity contribution in [3.8, 4) is 5.75 Å². The minimum absolute atomic E-state index is 0.0729. The maximum absolute atomic E-state index is 11.3. The molecule has 0 bridgehead atoms.